The zero-order chi connectivity index (χ0) is 21.4. The van der Waals surface area contributed by atoms with E-state index >= 15 is 0 Å². The summed E-state index contributed by atoms with van der Waals surface area (Å²) in [5.74, 6) is -1.50. The fourth-order valence-electron chi connectivity index (χ4n) is 2.45. The molecule has 0 aliphatic carbocycles. The molecule has 8 heteroatoms. The second kappa shape index (κ2) is 10.4. The molecule has 1 amide bonds. The van der Waals surface area contributed by atoms with Crippen LogP contribution in [-0.2, 0) is 16.0 Å². The van der Waals surface area contributed by atoms with E-state index in [0.717, 1.165) is 12.0 Å². The molecule has 6 nitrogen and oxygen atoms in total. The molecule has 2 aromatic carbocycles. The van der Waals surface area contributed by atoms with E-state index in [2.05, 4.69) is 10.1 Å². The van der Waals surface area contributed by atoms with E-state index in [0.29, 0.717) is 5.69 Å². The predicted molar refractivity (Wildman–Crippen MR) is 104 cm³/mol. The fourth-order valence-corrected chi connectivity index (χ4v) is 2.45. The van der Waals surface area contributed by atoms with Crippen molar-refractivity contribution in [1.82, 2.24) is 0 Å². The van der Waals surface area contributed by atoms with Crippen LogP contribution in [0.15, 0.2) is 42.5 Å². The zero-order valence-electron chi connectivity index (χ0n) is 16.4. The highest BCUT2D eigenvalue weighted by Crippen LogP contribution is 2.30. The number of benzene rings is 2. The van der Waals surface area contributed by atoms with E-state index in [4.69, 9.17) is 9.47 Å². The van der Waals surface area contributed by atoms with Crippen molar-refractivity contribution in [3.05, 3.63) is 53.6 Å². The molecule has 2 rings (SSSR count). The first-order valence-electron chi connectivity index (χ1n) is 9.16. The molecule has 156 valence electrons. The average molecular weight is 407 g/mol. The monoisotopic (exact) mass is 407 g/mol. The van der Waals surface area contributed by atoms with E-state index in [1.807, 2.05) is 19.1 Å². The lowest BCUT2D eigenvalue weighted by Gasteiger charge is -2.15. The Morgan fingerprint density at radius 3 is 2.31 bits per heavy atom. The second-order valence-corrected chi connectivity index (χ2v) is 6.06. The van der Waals surface area contributed by atoms with Crippen molar-refractivity contribution >= 4 is 17.6 Å². The summed E-state index contributed by atoms with van der Waals surface area (Å²) >= 11 is 0. The molecule has 0 spiro atoms. The molecule has 0 unspecified atom stereocenters. The normalized spacial score (nSPS) is 11.7. The minimum absolute atomic E-state index is 0.0182. The first-order chi connectivity index (χ1) is 13.8. The molecule has 0 aliphatic heterocycles. The third-order valence-electron chi connectivity index (χ3n) is 3.98. The van der Waals surface area contributed by atoms with Gasteiger partial charge < -0.3 is 19.5 Å². The standard InChI is InChI=1S/C21H23F2NO5/c1-4-14-6-9-16(10-7-14)24-19(25)13(3)28-20(26)15-8-11-17(29-21(22)23)18(12-15)27-5-2/h6-13,21H,4-5H2,1-3H3,(H,24,25)/t13-/m1/s1. The number of ether oxygens (including phenoxy) is 3. The quantitative estimate of drug-likeness (QED) is 0.623. The van der Waals surface area contributed by atoms with Gasteiger partial charge in [0.25, 0.3) is 5.91 Å². The molecule has 1 N–H and O–H groups in total. The lowest BCUT2D eigenvalue weighted by Crippen LogP contribution is -2.30. The number of amides is 1. The molecule has 0 radical (unpaired) electrons. The summed E-state index contributed by atoms with van der Waals surface area (Å²) in [5.41, 5.74) is 1.76. The van der Waals surface area contributed by atoms with Crippen LogP contribution >= 0.6 is 0 Å². The van der Waals surface area contributed by atoms with Crippen LogP contribution in [0.1, 0.15) is 36.7 Å². The maximum absolute atomic E-state index is 12.5. The third kappa shape index (κ3) is 6.44. The Morgan fingerprint density at radius 2 is 1.72 bits per heavy atom. The van der Waals surface area contributed by atoms with Crippen LogP contribution in [0.2, 0.25) is 0 Å². The predicted octanol–water partition coefficient (Wildman–Crippen LogP) is 4.43. The first kappa shape index (κ1) is 22.1. The molecule has 0 heterocycles. The van der Waals surface area contributed by atoms with E-state index in [-0.39, 0.29) is 23.7 Å². The van der Waals surface area contributed by atoms with E-state index in [1.54, 1.807) is 19.1 Å². The van der Waals surface area contributed by atoms with Gasteiger partial charge in [0.1, 0.15) is 0 Å². The number of hydrogen-bond donors (Lipinski definition) is 1. The van der Waals surface area contributed by atoms with Crippen LogP contribution in [0.3, 0.4) is 0 Å². The Labute approximate surface area is 167 Å². The molecule has 0 aliphatic rings. The van der Waals surface area contributed by atoms with Gasteiger partial charge in [-0.05, 0) is 56.2 Å². The Balaban J connectivity index is 2.03. The second-order valence-electron chi connectivity index (χ2n) is 6.06. The lowest BCUT2D eigenvalue weighted by molar-refractivity contribution is -0.123. The largest absolute Gasteiger partial charge is 0.490 e. The number of esters is 1. The fraction of sp³-hybridized carbons (Fsp3) is 0.333. The Hall–Kier alpha value is -3.16. The number of alkyl halides is 2. The topological polar surface area (TPSA) is 73.9 Å². The van der Waals surface area contributed by atoms with E-state index in [9.17, 15) is 18.4 Å². The summed E-state index contributed by atoms with van der Waals surface area (Å²) in [6.07, 6.45) is -0.187. The van der Waals surface area contributed by atoms with Crippen molar-refractivity contribution in [3.63, 3.8) is 0 Å². The Kier molecular flexibility index (Phi) is 7.94. The van der Waals surface area contributed by atoms with Crippen LogP contribution in [0, 0.1) is 0 Å². The number of aryl methyl sites for hydroxylation is 1. The van der Waals surface area contributed by atoms with Gasteiger partial charge in [-0.3, -0.25) is 4.79 Å². The number of rotatable bonds is 9. The van der Waals surface area contributed by atoms with Crippen molar-refractivity contribution < 1.29 is 32.6 Å². The van der Waals surface area contributed by atoms with Crippen molar-refractivity contribution in [1.29, 1.82) is 0 Å². The van der Waals surface area contributed by atoms with Gasteiger partial charge in [-0.25, -0.2) is 4.79 Å². The van der Waals surface area contributed by atoms with E-state index < -0.39 is 24.6 Å². The van der Waals surface area contributed by atoms with Gasteiger partial charge in [-0.1, -0.05) is 19.1 Å². The van der Waals surface area contributed by atoms with Crippen LogP contribution in [0.25, 0.3) is 0 Å². The Bertz CT molecular complexity index is 839. The highest BCUT2D eigenvalue weighted by molar-refractivity contribution is 5.97. The molecule has 0 fully saturated rings. The molecule has 1 atom stereocenters. The van der Waals surface area contributed by atoms with Crippen molar-refractivity contribution in [2.45, 2.75) is 39.9 Å². The SMILES string of the molecule is CCOc1cc(C(=O)O[C@H](C)C(=O)Nc2ccc(CC)cc2)ccc1OC(F)F. The van der Waals surface area contributed by atoms with Crippen molar-refractivity contribution in [3.8, 4) is 11.5 Å². The summed E-state index contributed by atoms with van der Waals surface area (Å²) in [5, 5.41) is 2.67. The van der Waals surface area contributed by atoms with Crippen LogP contribution in [-0.4, -0.2) is 31.2 Å². The van der Waals surface area contributed by atoms with Gasteiger partial charge >= 0.3 is 12.6 Å². The highest BCUT2D eigenvalue weighted by Gasteiger charge is 2.21. The number of carbonyl (C=O) groups excluding carboxylic acids is 2. The van der Waals surface area contributed by atoms with Gasteiger partial charge in [0, 0.05) is 5.69 Å². The molecule has 0 saturated heterocycles. The summed E-state index contributed by atoms with van der Waals surface area (Å²) in [6, 6.07) is 11.0. The molecular weight excluding hydrogens is 384 g/mol. The number of carbonyl (C=O) groups is 2. The van der Waals surface area contributed by atoms with Gasteiger partial charge in [0.15, 0.2) is 17.6 Å². The molecule has 0 saturated carbocycles. The van der Waals surface area contributed by atoms with Crippen molar-refractivity contribution in [2.24, 2.45) is 0 Å². The molecular formula is C21H23F2NO5. The zero-order valence-corrected chi connectivity index (χ0v) is 16.4. The Morgan fingerprint density at radius 1 is 1.03 bits per heavy atom. The number of halogens is 2. The number of nitrogens with one attached hydrogen (secondary N) is 1. The average Bonchev–Trinajstić information content (AvgIpc) is 2.69. The van der Waals surface area contributed by atoms with E-state index in [1.165, 1.54) is 25.1 Å². The molecule has 2 aromatic rings. The molecule has 29 heavy (non-hydrogen) atoms. The summed E-state index contributed by atoms with van der Waals surface area (Å²) in [6.45, 7) is 2.29. The minimum atomic E-state index is -3.03. The maximum atomic E-state index is 12.5. The number of anilines is 1. The first-order valence-corrected chi connectivity index (χ1v) is 9.16. The van der Waals surface area contributed by atoms with Gasteiger partial charge in [0.2, 0.25) is 0 Å². The summed E-state index contributed by atoms with van der Waals surface area (Å²) < 4.78 is 39.7. The minimum Gasteiger partial charge on any atom is -0.490 e. The lowest BCUT2D eigenvalue weighted by atomic mass is 10.1. The maximum Gasteiger partial charge on any atom is 0.387 e. The smallest absolute Gasteiger partial charge is 0.387 e. The highest BCUT2D eigenvalue weighted by atomic mass is 19.3. The van der Waals surface area contributed by atoms with Gasteiger partial charge in [-0.2, -0.15) is 8.78 Å². The van der Waals surface area contributed by atoms with Crippen LogP contribution in [0.5, 0.6) is 11.5 Å². The summed E-state index contributed by atoms with van der Waals surface area (Å²) in [7, 11) is 0. The third-order valence-corrected chi connectivity index (χ3v) is 3.98. The van der Waals surface area contributed by atoms with Crippen LogP contribution < -0.4 is 14.8 Å². The number of hydrogen-bond acceptors (Lipinski definition) is 5. The van der Waals surface area contributed by atoms with Gasteiger partial charge in [0.05, 0.1) is 12.2 Å². The van der Waals surface area contributed by atoms with Crippen molar-refractivity contribution in [2.75, 3.05) is 11.9 Å². The van der Waals surface area contributed by atoms with Gasteiger partial charge in [-0.15, -0.1) is 0 Å². The van der Waals surface area contributed by atoms with Crippen LogP contribution in [0.4, 0.5) is 14.5 Å². The molecule has 0 bridgehead atoms. The summed E-state index contributed by atoms with van der Waals surface area (Å²) in [4.78, 5) is 24.6. The molecule has 0 aromatic heterocycles.